The van der Waals surface area contributed by atoms with E-state index in [1.807, 2.05) is 26.0 Å². The molecule has 1 N–H and O–H groups in total. The molecule has 1 atom stereocenters. The number of anilines is 2. The first-order valence-corrected chi connectivity index (χ1v) is 11.9. The summed E-state index contributed by atoms with van der Waals surface area (Å²) < 4.78 is 33.0. The summed E-state index contributed by atoms with van der Waals surface area (Å²) >= 11 is 0.799. The Morgan fingerprint density at radius 1 is 1.13 bits per heavy atom. The highest BCUT2D eigenvalue weighted by Crippen LogP contribution is 2.28. The first-order chi connectivity index (χ1) is 14.7. The van der Waals surface area contributed by atoms with Gasteiger partial charge in [-0.15, -0.1) is 10.2 Å². The molecule has 1 amide bonds. The lowest BCUT2D eigenvalue weighted by atomic mass is 10.1. The zero-order chi connectivity index (χ0) is 22.6. The van der Waals surface area contributed by atoms with E-state index in [0.29, 0.717) is 11.4 Å². The third-order valence-corrected chi connectivity index (χ3v) is 7.44. The highest BCUT2D eigenvalue weighted by molar-refractivity contribution is 7.94. The molecule has 0 fully saturated rings. The Kier molecular flexibility index (Phi) is 6.91. The van der Waals surface area contributed by atoms with Crippen molar-refractivity contribution in [2.75, 3.05) is 16.2 Å². The molecule has 3 rings (SSSR count). The van der Waals surface area contributed by atoms with E-state index in [1.165, 1.54) is 4.31 Å². The van der Waals surface area contributed by atoms with Crippen LogP contribution >= 0.6 is 11.3 Å². The van der Waals surface area contributed by atoms with Crippen LogP contribution in [0.15, 0.2) is 52.9 Å². The number of para-hydroxylation sites is 1. The Morgan fingerprint density at radius 3 is 2.39 bits per heavy atom. The molecule has 0 spiro atoms. The van der Waals surface area contributed by atoms with E-state index >= 15 is 0 Å². The van der Waals surface area contributed by atoms with E-state index in [9.17, 15) is 13.2 Å². The number of nitrogens with zero attached hydrogens (tertiary/aromatic N) is 3. The lowest BCUT2D eigenvalue weighted by molar-refractivity contribution is -0.122. The minimum absolute atomic E-state index is 0.0866. The Balaban J connectivity index is 1.76. The monoisotopic (exact) mass is 460 g/mol. The van der Waals surface area contributed by atoms with E-state index in [2.05, 4.69) is 15.5 Å². The lowest BCUT2D eigenvalue weighted by Crippen LogP contribution is -2.31. The van der Waals surface area contributed by atoms with Crippen molar-refractivity contribution in [3.05, 3.63) is 59.7 Å². The number of aryl methyl sites for hydroxylation is 2. The summed E-state index contributed by atoms with van der Waals surface area (Å²) in [7, 11) is -3.93. The minimum atomic E-state index is -3.93. The summed E-state index contributed by atoms with van der Waals surface area (Å²) in [4.78, 5) is 12.4. The molecule has 0 aliphatic heterocycles. The second-order valence-corrected chi connectivity index (χ2v) is 9.96. The van der Waals surface area contributed by atoms with Gasteiger partial charge in [0, 0.05) is 6.54 Å². The first-order valence-electron chi connectivity index (χ1n) is 9.68. The van der Waals surface area contributed by atoms with Gasteiger partial charge in [-0.3, -0.25) is 14.4 Å². The SMILES string of the molecule is CCN(c1cc(C)cc(C)c1)S(=O)(=O)c1nnc(NC(=O)C(C)Oc2ccccc2)s1. The lowest BCUT2D eigenvalue weighted by Gasteiger charge is -2.22. The second-order valence-electron chi connectivity index (χ2n) is 6.95. The van der Waals surface area contributed by atoms with Gasteiger partial charge in [0.1, 0.15) is 5.75 Å². The predicted molar refractivity (Wildman–Crippen MR) is 121 cm³/mol. The fourth-order valence-electron chi connectivity index (χ4n) is 3.01. The standard InChI is InChI=1S/C21H24N4O4S2/c1-5-25(17-12-14(2)11-15(3)13-17)31(27,28)21-24-23-20(30-21)22-19(26)16(4)29-18-9-7-6-8-10-18/h6-13,16H,5H2,1-4H3,(H,22,23,26). The Morgan fingerprint density at radius 2 is 1.77 bits per heavy atom. The third kappa shape index (κ3) is 5.39. The molecular formula is C21H24N4O4S2. The number of carbonyl (C=O) groups excluding carboxylic acids is 1. The first kappa shape index (κ1) is 22.7. The van der Waals surface area contributed by atoms with Gasteiger partial charge in [-0.1, -0.05) is 35.6 Å². The van der Waals surface area contributed by atoms with Crippen LogP contribution in [0.2, 0.25) is 0 Å². The van der Waals surface area contributed by atoms with Crippen molar-refractivity contribution in [2.24, 2.45) is 0 Å². The van der Waals surface area contributed by atoms with Crippen LogP contribution in [0.1, 0.15) is 25.0 Å². The van der Waals surface area contributed by atoms with E-state index in [1.54, 1.807) is 50.2 Å². The number of hydrogen-bond donors (Lipinski definition) is 1. The van der Waals surface area contributed by atoms with Crippen LogP contribution in [0.3, 0.4) is 0 Å². The minimum Gasteiger partial charge on any atom is -0.481 e. The summed E-state index contributed by atoms with van der Waals surface area (Å²) in [5, 5.41) is 10.3. The largest absolute Gasteiger partial charge is 0.481 e. The van der Waals surface area contributed by atoms with Crippen molar-refractivity contribution in [2.45, 2.75) is 38.1 Å². The Hall–Kier alpha value is -2.98. The van der Waals surface area contributed by atoms with E-state index in [4.69, 9.17) is 4.74 Å². The van der Waals surface area contributed by atoms with Gasteiger partial charge in [-0.25, -0.2) is 0 Å². The molecule has 0 saturated heterocycles. The van der Waals surface area contributed by atoms with Crippen molar-refractivity contribution in [3.8, 4) is 5.75 Å². The highest BCUT2D eigenvalue weighted by atomic mass is 32.2. The van der Waals surface area contributed by atoms with E-state index < -0.39 is 22.0 Å². The number of carbonyl (C=O) groups is 1. The van der Waals surface area contributed by atoms with Crippen molar-refractivity contribution in [3.63, 3.8) is 0 Å². The van der Waals surface area contributed by atoms with Crippen molar-refractivity contribution in [1.29, 1.82) is 0 Å². The highest BCUT2D eigenvalue weighted by Gasteiger charge is 2.29. The molecule has 164 valence electrons. The number of hydrogen-bond acceptors (Lipinski definition) is 7. The zero-order valence-electron chi connectivity index (χ0n) is 17.7. The summed E-state index contributed by atoms with van der Waals surface area (Å²) in [5.41, 5.74) is 2.48. The molecule has 0 aliphatic rings. The number of sulfonamides is 1. The van der Waals surface area contributed by atoms with Crippen LogP contribution in [-0.4, -0.2) is 37.2 Å². The van der Waals surface area contributed by atoms with Gasteiger partial charge >= 0.3 is 0 Å². The molecule has 8 nitrogen and oxygen atoms in total. The molecular weight excluding hydrogens is 436 g/mol. The fourth-order valence-corrected chi connectivity index (χ4v) is 5.47. The van der Waals surface area contributed by atoms with Crippen LogP contribution in [0.25, 0.3) is 0 Å². The summed E-state index contributed by atoms with van der Waals surface area (Å²) in [6.45, 7) is 7.40. The summed E-state index contributed by atoms with van der Waals surface area (Å²) in [6, 6.07) is 14.5. The summed E-state index contributed by atoms with van der Waals surface area (Å²) in [5.74, 6) is 0.100. The quantitative estimate of drug-likeness (QED) is 0.514. The van der Waals surface area contributed by atoms with Crippen LogP contribution in [0.4, 0.5) is 10.8 Å². The topological polar surface area (TPSA) is 101 Å². The third-order valence-electron chi connectivity index (χ3n) is 4.35. The van der Waals surface area contributed by atoms with Crippen LogP contribution < -0.4 is 14.4 Å². The molecule has 0 radical (unpaired) electrons. The van der Waals surface area contributed by atoms with Crippen molar-refractivity contribution >= 4 is 38.1 Å². The average Bonchev–Trinajstić information content (AvgIpc) is 3.18. The smallest absolute Gasteiger partial charge is 0.293 e. The number of benzene rings is 2. The molecule has 10 heteroatoms. The molecule has 3 aromatic rings. The predicted octanol–water partition coefficient (Wildman–Crippen LogP) is 3.78. The van der Waals surface area contributed by atoms with E-state index in [0.717, 1.165) is 22.5 Å². The maximum atomic E-state index is 13.2. The molecule has 1 unspecified atom stereocenters. The van der Waals surface area contributed by atoms with Crippen molar-refractivity contribution < 1.29 is 17.9 Å². The number of amides is 1. The number of ether oxygens (including phenoxy) is 1. The molecule has 0 aliphatic carbocycles. The second kappa shape index (κ2) is 9.44. The van der Waals surface area contributed by atoms with Crippen molar-refractivity contribution in [1.82, 2.24) is 10.2 Å². The maximum Gasteiger partial charge on any atom is 0.293 e. The molecule has 0 bridgehead atoms. The normalized spacial score (nSPS) is 12.3. The van der Waals surface area contributed by atoms with Gasteiger partial charge in [0.15, 0.2) is 6.10 Å². The van der Waals surface area contributed by atoms with E-state index in [-0.39, 0.29) is 16.0 Å². The number of rotatable bonds is 8. The molecule has 1 aromatic heterocycles. The van der Waals surface area contributed by atoms with Crippen LogP contribution in [0.5, 0.6) is 5.75 Å². The van der Waals surface area contributed by atoms with Gasteiger partial charge in [0.2, 0.25) is 5.13 Å². The fraction of sp³-hybridized carbons (Fsp3) is 0.286. The van der Waals surface area contributed by atoms with Gasteiger partial charge in [0.05, 0.1) is 5.69 Å². The Bertz CT molecular complexity index is 1140. The zero-order valence-corrected chi connectivity index (χ0v) is 19.3. The number of aromatic nitrogens is 2. The number of nitrogens with one attached hydrogen (secondary N) is 1. The summed E-state index contributed by atoms with van der Waals surface area (Å²) in [6.07, 6.45) is -0.797. The van der Waals surface area contributed by atoms with Gasteiger partial charge in [0.25, 0.3) is 20.3 Å². The maximum absolute atomic E-state index is 13.2. The van der Waals surface area contributed by atoms with Gasteiger partial charge < -0.3 is 4.74 Å². The molecule has 0 saturated carbocycles. The van der Waals surface area contributed by atoms with Crippen LogP contribution in [-0.2, 0) is 14.8 Å². The average molecular weight is 461 g/mol. The molecule has 1 heterocycles. The van der Waals surface area contributed by atoms with Gasteiger partial charge in [-0.2, -0.15) is 8.42 Å². The Labute approximate surface area is 185 Å². The molecule has 2 aromatic carbocycles. The molecule has 31 heavy (non-hydrogen) atoms. The van der Waals surface area contributed by atoms with Gasteiger partial charge in [-0.05, 0) is 63.1 Å². The van der Waals surface area contributed by atoms with Crippen LogP contribution in [0, 0.1) is 13.8 Å².